The summed E-state index contributed by atoms with van der Waals surface area (Å²) in [4.78, 5) is 4.97. The number of aryl methyl sites for hydroxylation is 1. The fourth-order valence-electron chi connectivity index (χ4n) is 1.75. The quantitative estimate of drug-likeness (QED) is 0.735. The summed E-state index contributed by atoms with van der Waals surface area (Å²) in [5.74, 6) is 0.456. The van der Waals surface area contributed by atoms with Crippen molar-refractivity contribution in [1.29, 1.82) is 4.78 Å². The highest BCUT2D eigenvalue weighted by Crippen LogP contribution is 2.29. The lowest BCUT2D eigenvalue weighted by Crippen LogP contribution is -2.14. The number of pyridine rings is 1. The molecule has 1 aliphatic rings. The summed E-state index contributed by atoms with van der Waals surface area (Å²) in [7, 11) is -2.53. The zero-order valence-corrected chi connectivity index (χ0v) is 10.1. The van der Waals surface area contributed by atoms with E-state index in [-0.39, 0.29) is 5.41 Å². The summed E-state index contributed by atoms with van der Waals surface area (Å²) < 4.78 is 19.5. The second kappa shape index (κ2) is 3.04. The Kier molecular flexibility index (Phi) is 2.15. The molecule has 0 bridgehead atoms. The van der Waals surface area contributed by atoms with Gasteiger partial charge in [0, 0.05) is 23.1 Å². The van der Waals surface area contributed by atoms with Crippen molar-refractivity contribution in [1.82, 2.24) is 4.98 Å². The highest BCUT2D eigenvalue weighted by Gasteiger charge is 2.25. The van der Waals surface area contributed by atoms with Crippen LogP contribution in [0.3, 0.4) is 0 Å². The fourth-order valence-corrected chi connectivity index (χ4v) is 3.29. The molecule has 0 saturated heterocycles. The van der Waals surface area contributed by atoms with E-state index < -0.39 is 9.73 Å². The molecule has 0 unspecified atom stereocenters. The van der Waals surface area contributed by atoms with Crippen LogP contribution in [-0.2, 0) is 21.6 Å². The number of fused-ring (bicyclic) bond motifs is 1. The van der Waals surface area contributed by atoms with Crippen molar-refractivity contribution in [2.24, 2.45) is 0 Å². The fraction of sp³-hybridized carbons (Fsp3) is 0.545. The molecule has 1 N–H and O–H groups in total. The van der Waals surface area contributed by atoms with E-state index in [1.54, 1.807) is 6.20 Å². The van der Waals surface area contributed by atoms with E-state index in [0.29, 0.717) is 10.6 Å². The van der Waals surface area contributed by atoms with Gasteiger partial charge in [-0.2, -0.15) is 0 Å². The molecule has 0 spiro atoms. The monoisotopic (exact) mass is 224 g/mol. The molecule has 1 aliphatic heterocycles. The Balaban J connectivity index is 2.56. The van der Waals surface area contributed by atoms with Gasteiger partial charge in [-0.3, -0.25) is 4.98 Å². The van der Waals surface area contributed by atoms with Crippen LogP contribution in [-0.4, -0.2) is 14.9 Å². The van der Waals surface area contributed by atoms with E-state index in [4.69, 9.17) is 4.78 Å². The Morgan fingerprint density at radius 3 is 2.73 bits per heavy atom. The summed E-state index contributed by atoms with van der Waals surface area (Å²) >= 11 is 0. The summed E-state index contributed by atoms with van der Waals surface area (Å²) in [5, 5.41) is 0. The molecule has 1 aromatic heterocycles. The van der Waals surface area contributed by atoms with Crippen molar-refractivity contribution in [3.05, 3.63) is 23.5 Å². The van der Waals surface area contributed by atoms with E-state index in [1.807, 2.05) is 6.07 Å². The van der Waals surface area contributed by atoms with Gasteiger partial charge < -0.3 is 0 Å². The smallest absolute Gasteiger partial charge is 0.0747 e. The summed E-state index contributed by atoms with van der Waals surface area (Å²) in [6, 6.07) is 2.01. The Morgan fingerprint density at radius 1 is 1.47 bits per heavy atom. The molecule has 0 aromatic carbocycles. The van der Waals surface area contributed by atoms with Crippen LogP contribution in [0.2, 0.25) is 0 Å². The molecule has 0 saturated carbocycles. The Hall–Kier alpha value is -0.900. The van der Waals surface area contributed by atoms with Gasteiger partial charge in [0.05, 0.1) is 14.6 Å². The molecule has 2 rings (SSSR count). The van der Waals surface area contributed by atoms with Gasteiger partial charge in [-0.05, 0) is 18.1 Å². The second-order valence-electron chi connectivity index (χ2n) is 5.06. The van der Waals surface area contributed by atoms with Crippen molar-refractivity contribution in [3.63, 3.8) is 0 Å². The standard InChI is InChI=1S/C11H16N2OS/c1-11(2,3)10-6-8-4-5-15(12,14)9(8)7-13-10/h6-7,12H,4-5H2,1-3H3/t15-/m0/s1. The zero-order chi connectivity index (χ0) is 11.3. The molecule has 0 fully saturated rings. The first-order chi connectivity index (χ1) is 6.81. The zero-order valence-electron chi connectivity index (χ0n) is 9.33. The first kappa shape index (κ1) is 10.6. The molecule has 4 heteroatoms. The van der Waals surface area contributed by atoms with E-state index >= 15 is 0 Å². The van der Waals surface area contributed by atoms with Gasteiger partial charge in [-0.1, -0.05) is 20.8 Å². The first-order valence-corrected chi connectivity index (χ1v) is 6.79. The predicted octanol–water partition coefficient (Wildman–Crippen LogP) is 2.34. The topological polar surface area (TPSA) is 53.8 Å². The molecule has 2 heterocycles. The van der Waals surface area contributed by atoms with Gasteiger partial charge in [-0.25, -0.2) is 8.99 Å². The Labute approximate surface area is 90.9 Å². The number of hydrogen-bond acceptors (Lipinski definition) is 3. The average molecular weight is 224 g/mol. The molecule has 15 heavy (non-hydrogen) atoms. The van der Waals surface area contributed by atoms with Crippen LogP contribution in [0.1, 0.15) is 32.0 Å². The van der Waals surface area contributed by atoms with E-state index in [2.05, 4.69) is 25.8 Å². The number of rotatable bonds is 0. The molecule has 3 nitrogen and oxygen atoms in total. The van der Waals surface area contributed by atoms with Gasteiger partial charge in [0.15, 0.2) is 0 Å². The lowest BCUT2D eigenvalue weighted by atomic mass is 9.90. The molecule has 0 radical (unpaired) electrons. The van der Waals surface area contributed by atoms with Crippen molar-refractivity contribution < 1.29 is 4.21 Å². The maximum absolute atomic E-state index is 11.8. The number of aromatic nitrogens is 1. The van der Waals surface area contributed by atoms with Crippen LogP contribution in [0.4, 0.5) is 0 Å². The minimum absolute atomic E-state index is 0.0144. The first-order valence-electron chi connectivity index (χ1n) is 5.06. The van der Waals surface area contributed by atoms with Crippen molar-refractivity contribution in [3.8, 4) is 0 Å². The van der Waals surface area contributed by atoms with Crippen LogP contribution < -0.4 is 0 Å². The van der Waals surface area contributed by atoms with Crippen LogP contribution in [0.15, 0.2) is 17.2 Å². The van der Waals surface area contributed by atoms with Gasteiger partial charge >= 0.3 is 0 Å². The Morgan fingerprint density at radius 2 is 2.13 bits per heavy atom. The Bertz CT molecular complexity index is 498. The third-order valence-electron chi connectivity index (χ3n) is 2.73. The minimum Gasteiger partial charge on any atom is -0.259 e. The van der Waals surface area contributed by atoms with Crippen molar-refractivity contribution in [2.45, 2.75) is 37.5 Å². The van der Waals surface area contributed by atoms with Crippen LogP contribution >= 0.6 is 0 Å². The predicted molar refractivity (Wildman–Crippen MR) is 60.6 cm³/mol. The molecule has 0 amide bonds. The van der Waals surface area contributed by atoms with Gasteiger partial charge in [-0.15, -0.1) is 0 Å². The highest BCUT2D eigenvalue weighted by atomic mass is 32.2. The molecule has 1 aromatic rings. The van der Waals surface area contributed by atoms with Gasteiger partial charge in [0.1, 0.15) is 0 Å². The van der Waals surface area contributed by atoms with E-state index in [9.17, 15) is 4.21 Å². The SMILES string of the molecule is CC(C)(C)c1cc2c(cn1)[S@@](=N)(=O)CC2. The number of nitrogens with zero attached hydrogens (tertiary/aromatic N) is 1. The normalized spacial score (nSPS) is 25.3. The molecule has 1 atom stereocenters. The second-order valence-corrected chi connectivity index (χ2v) is 7.26. The third-order valence-corrected chi connectivity index (χ3v) is 4.59. The third kappa shape index (κ3) is 1.78. The summed E-state index contributed by atoms with van der Waals surface area (Å²) in [5.41, 5.74) is 2.08. The lowest BCUT2D eigenvalue weighted by Gasteiger charge is -2.18. The van der Waals surface area contributed by atoms with Gasteiger partial charge in [0.2, 0.25) is 0 Å². The van der Waals surface area contributed by atoms with Crippen molar-refractivity contribution >= 4 is 9.73 Å². The maximum Gasteiger partial charge on any atom is 0.0747 e. The molecule has 82 valence electrons. The molecular weight excluding hydrogens is 208 g/mol. The largest absolute Gasteiger partial charge is 0.259 e. The average Bonchev–Trinajstić information content (AvgIpc) is 2.41. The highest BCUT2D eigenvalue weighted by molar-refractivity contribution is 7.92. The molecular formula is C11H16N2OS. The van der Waals surface area contributed by atoms with Crippen LogP contribution in [0.5, 0.6) is 0 Å². The van der Waals surface area contributed by atoms with E-state index in [1.165, 1.54) is 0 Å². The number of hydrogen-bond donors (Lipinski definition) is 1. The maximum atomic E-state index is 11.8. The van der Waals surface area contributed by atoms with Crippen LogP contribution in [0, 0.1) is 4.78 Å². The number of nitrogens with one attached hydrogen (secondary N) is 1. The molecule has 0 aliphatic carbocycles. The van der Waals surface area contributed by atoms with Gasteiger partial charge in [0.25, 0.3) is 0 Å². The van der Waals surface area contributed by atoms with Crippen molar-refractivity contribution in [2.75, 3.05) is 5.75 Å². The van der Waals surface area contributed by atoms with Crippen LogP contribution in [0.25, 0.3) is 0 Å². The lowest BCUT2D eigenvalue weighted by molar-refractivity contribution is 0.566. The minimum atomic E-state index is -2.53. The summed E-state index contributed by atoms with van der Waals surface area (Å²) in [6.45, 7) is 6.32. The van der Waals surface area contributed by atoms with E-state index in [0.717, 1.165) is 17.7 Å². The summed E-state index contributed by atoms with van der Waals surface area (Å²) in [6.07, 6.45) is 2.39.